The van der Waals surface area contributed by atoms with Gasteiger partial charge in [-0.3, -0.25) is 14.2 Å². The first-order chi connectivity index (χ1) is 8.77. The molecule has 0 atom stereocenters. The fourth-order valence-electron chi connectivity index (χ4n) is 2.14. The van der Waals surface area contributed by atoms with Crippen molar-refractivity contribution in [2.24, 2.45) is 5.73 Å². The fraction of sp³-hybridized carbons (Fsp3) is 0.364. The van der Waals surface area contributed by atoms with Crippen LogP contribution in [-0.2, 0) is 4.74 Å². The number of imidazole rings is 1. The molecule has 0 bridgehead atoms. The van der Waals surface area contributed by atoms with Gasteiger partial charge in [0.15, 0.2) is 11.3 Å². The summed E-state index contributed by atoms with van der Waals surface area (Å²) in [7, 11) is 0. The van der Waals surface area contributed by atoms with Crippen LogP contribution in [0, 0.1) is 0 Å². The van der Waals surface area contributed by atoms with Gasteiger partial charge in [-0.15, -0.1) is 0 Å². The molecule has 7 heteroatoms. The molecule has 7 nitrogen and oxygen atoms in total. The number of nitrogens with zero attached hydrogens (tertiary/aromatic N) is 4. The molecule has 94 valence electrons. The van der Waals surface area contributed by atoms with Gasteiger partial charge in [-0.25, -0.2) is 4.98 Å². The van der Waals surface area contributed by atoms with Crippen molar-refractivity contribution in [1.29, 1.82) is 0 Å². The van der Waals surface area contributed by atoms with Crippen LogP contribution in [0.4, 0.5) is 5.82 Å². The molecule has 0 saturated carbocycles. The average Bonchev–Trinajstić information content (AvgIpc) is 2.79. The zero-order chi connectivity index (χ0) is 12.5. The van der Waals surface area contributed by atoms with Crippen LogP contribution in [-0.4, -0.2) is 46.6 Å². The number of hydrogen-bond donors (Lipinski definition) is 1. The molecule has 0 aromatic carbocycles. The summed E-state index contributed by atoms with van der Waals surface area (Å²) in [6.07, 6.45) is 5.04. The van der Waals surface area contributed by atoms with Gasteiger partial charge in [0.05, 0.1) is 19.4 Å². The summed E-state index contributed by atoms with van der Waals surface area (Å²) in [6.45, 7) is 2.71. The highest BCUT2D eigenvalue weighted by Gasteiger charge is 2.23. The summed E-state index contributed by atoms with van der Waals surface area (Å²) < 4.78 is 7.14. The van der Waals surface area contributed by atoms with Crippen molar-refractivity contribution < 1.29 is 9.53 Å². The van der Waals surface area contributed by atoms with E-state index in [4.69, 9.17) is 10.5 Å². The lowest BCUT2D eigenvalue weighted by atomic mass is 10.3. The van der Waals surface area contributed by atoms with Crippen molar-refractivity contribution in [3.63, 3.8) is 0 Å². The molecule has 1 aliphatic rings. The van der Waals surface area contributed by atoms with Crippen LogP contribution < -0.4 is 10.6 Å². The highest BCUT2D eigenvalue weighted by atomic mass is 16.5. The molecule has 2 N–H and O–H groups in total. The molecule has 1 aliphatic heterocycles. The van der Waals surface area contributed by atoms with E-state index in [0.717, 1.165) is 18.9 Å². The van der Waals surface area contributed by atoms with E-state index in [2.05, 4.69) is 14.9 Å². The second kappa shape index (κ2) is 4.26. The zero-order valence-electron chi connectivity index (χ0n) is 9.74. The van der Waals surface area contributed by atoms with Crippen molar-refractivity contribution in [2.75, 3.05) is 31.2 Å². The van der Waals surface area contributed by atoms with Gasteiger partial charge < -0.3 is 15.4 Å². The largest absolute Gasteiger partial charge is 0.378 e. The third-order valence-electron chi connectivity index (χ3n) is 2.95. The maximum atomic E-state index is 11.5. The van der Waals surface area contributed by atoms with E-state index in [-0.39, 0.29) is 5.69 Å². The first-order valence-corrected chi connectivity index (χ1v) is 5.72. The number of carbonyl (C=O) groups excluding carboxylic acids is 1. The van der Waals surface area contributed by atoms with Gasteiger partial charge in [0.25, 0.3) is 5.91 Å². The van der Waals surface area contributed by atoms with E-state index < -0.39 is 5.91 Å². The maximum Gasteiger partial charge on any atom is 0.271 e. The number of morpholine rings is 1. The molecule has 3 heterocycles. The van der Waals surface area contributed by atoms with Gasteiger partial charge in [-0.1, -0.05) is 0 Å². The van der Waals surface area contributed by atoms with Crippen LogP contribution in [0.1, 0.15) is 10.5 Å². The number of nitrogens with two attached hydrogens (primary N) is 1. The summed E-state index contributed by atoms with van der Waals surface area (Å²) in [5, 5.41) is 0. The van der Waals surface area contributed by atoms with Gasteiger partial charge in [-0.05, 0) is 0 Å². The van der Waals surface area contributed by atoms with Crippen LogP contribution >= 0.6 is 0 Å². The van der Waals surface area contributed by atoms with Crippen molar-refractivity contribution in [2.45, 2.75) is 0 Å². The predicted molar refractivity (Wildman–Crippen MR) is 64.5 cm³/mol. The van der Waals surface area contributed by atoms with E-state index in [0.29, 0.717) is 18.9 Å². The Kier molecular flexibility index (Phi) is 2.60. The van der Waals surface area contributed by atoms with Crippen LogP contribution in [0.3, 0.4) is 0 Å². The molecule has 2 aromatic heterocycles. The Labute approximate surface area is 103 Å². The van der Waals surface area contributed by atoms with Crippen LogP contribution in [0.2, 0.25) is 0 Å². The first kappa shape index (κ1) is 11.0. The van der Waals surface area contributed by atoms with Crippen LogP contribution in [0.5, 0.6) is 0 Å². The lowest BCUT2D eigenvalue weighted by Crippen LogP contribution is -2.38. The van der Waals surface area contributed by atoms with E-state index in [1.54, 1.807) is 18.6 Å². The minimum atomic E-state index is -0.528. The van der Waals surface area contributed by atoms with Crippen molar-refractivity contribution >= 4 is 17.4 Å². The Hall–Kier alpha value is -2.15. The lowest BCUT2D eigenvalue weighted by Gasteiger charge is -2.28. The third kappa shape index (κ3) is 1.68. The van der Waals surface area contributed by atoms with Crippen molar-refractivity contribution in [3.8, 4) is 0 Å². The molecular formula is C11H13N5O2. The number of primary amides is 1. The molecule has 0 spiro atoms. The number of amides is 1. The zero-order valence-corrected chi connectivity index (χ0v) is 9.74. The summed E-state index contributed by atoms with van der Waals surface area (Å²) in [6, 6.07) is 0. The number of ether oxygens (including phenoxy) is 1. The molecule has 0 unspecified atom stereocenters. The van der Waals surface area contributed by atoms with Crippen LogP contribution in [0.15, 0.2) is 18.6 Å². The third-order valence-corrected chi connectivity index (χ3v) is 2.95. The Morgan fingerprint density at radius 2 is 2.17 bits per heavy atom. The molecule has 0 radical (unpaired) electrons. The van der Waals surface area contributed by atoms with E-state index in [9.17, 15) is 4.79 Å². The number of aromatic nitrogens is 3. The molecule has 18 heavy (non-hydrogen) atoms. The number of fused-ring (bicyclic) bond motifs is 1. The maximum absolute atomic E-state index is 11.5. The minimum absolute atomic E-state index is 0.282. The van der Waals surface area contributed by atoms with Crippen molar-refractivity contribution in [3.05, 3.63) is 24.3 Å². The number of hydrogen-bond acceptors (Lipinski definition) is 5. The first-order valence-electron chi connectivity index (χ1n) is 5.72. The smallest absolute Gasteiger partial charge is 0.271 e. The van der Waals surface area contributed by atoms with Gasteiger partial charge >= 0.3 is 0 Å². The number of anilines is 1. The van der Waals surface area contributed by atoms with Gasteiger partial charge in [-0.2, -0.15) is 0 Å². The molecular weight excluding hydrogens is 234 g/mol. The quantitative estimate of drug-likeness (QED) is 0.785. The highest BCUT2D eigenvalue weighted by molar-refractivity contribution is 5.97. The Balaban J connectivity index is 2.17. The van der Waals surface area contributed by atoms with Gasteiger partial charge in [0.2, 0.25) is 0 Å². The summed E-state index contributed by atoms with van der Waals surface area (Å²) >= 11 is 0. The monoisotopic (exact) mass is 247 g/mol. The Morgan fingerprint density at radius 1 is 1.39 bits per heavy atom. The predicted octanol–water partition coefficient (Wildman–Crippen LogP) is -0.335. The molecule has 1 amide bonds. The molecule has 1 fully saturated rings. The summed E-state index contributed by atoms with van der Waals surface area (Å²) in [4.78, 5) is 21.8. The SMILES string of the molecule is NC(=O)c1nc2cnccn2c1N1CCOCC1. The topological polar surface area (TPSA) is 85.8 Å². The second-order valence-electron chi connectivity index (χ2n) is 4.05. The number of carbonyl (C=O) groups is 1. The molecule has 0 aliphatic carbocycles. The average molecular weight is 247 g/mol. The van der Waals surface area contributed by atoms with E-state index in [1.807, 2.05) is 4.40 Å². The molecule has 1 saturated heterocycles. The van der Waals surface area contributed by atoms with E-state index >= 15 is 0 Å². The molecule has 3 rings (SSSR count). The standard InChI is InChI=1S/C11H13N5O2/c12-10(17)9-11(15-3-5-18-6-4-15)16-2-1-13-7-8(16)14-9/h1-2,7H,3-6H2,(H2,12,17). The number of rotatable bonds is 2. The van der Waals surface area contributed by atoms with E-state index in [1.165, 1.54) is 0 Å². The summed E-state index contributed by atoms with van der Waals surface area (Å²) in [5.41, 5.74) is 6.29. The lowest BCUT2D eigenvalue weighted by molar-refractivity contribution is 0.0994. The highest BCUT2D eigenvalue weighted by Crippen LogP contribution is 2.22. The Bertz CT molecular complexity index is 588. The molecule has 2 aromatic rings. The normalized spacial score (nSPS) is 16.1. The summed E-state index contributed by atoms with van der Waals surface area (Å²) in [5.74, 6) is 0.198. The Morgan fingerprint density at radius 3 is 2.89 bits per heavy atom. The van der Waals surface area contributed by atoms with Crippen molar-refractivity contribution in [1.82, 2.24) is 14.4 Å². The second-order valence-corrected chi connectivity index (χ2v) is 4.05. The fourth-order valence-corrected chi connectivity index (χ4v) is 2.14. The van der Waals surface area contributed by atoms with Crippen LogP contribution in [0.25, 0.3) is 5.65 Å². The van der Waals surface area contributed by atoms with Gasteiger partial charge in [0, 0.05) is 25.5 Å². The minimum Gasteiger partial charge on any atom is -0.378 e. The van der Waals surface area contributed by atoms with Gasteiger partial charge in [0.1, 0.15) is 5.82 Å².